The monoisotopic (exact) mass is 401 g/mol. The van der Waals surface area contributed by atoms with Gasteiger partial charge < -0.3 is 0 Å². The summed E-state index contributed by atoms with van der Waals surface area (Å²) in [6.07, 6.45) is 0. The smallest absolute Gasteiger partial charge is 0.265 e. The van der Waals surface area contributed by atoms with Gasteiger partial charge >= 0.3 is 0 Å². The maximum atomic E-state index is 12.9. The van der Waals surface area contributed by atoms with Crippen LogP contribution in [0.1, 0.15) is 10.6 Å². The van der Waals surface area contributed by atoms with Crippen LogP contribution in [0, 0.1) is 6.92 Å². The average molecular weight is 402 g/mol. The summed E-state index contributed by atoms with van der Waals surface area (Å²) in [5, 5.41) is 6.70. The van der Waals surface area contributed by atoms with Crippen LogP contribution in [0.15, 0.2) is 53.3 Å². The van der Waals surface area contributed by atoms with Gasteiger partial charge in [0.15, 0.2) is 5.52 Å². The highest BCUT2D eigenvalue weighted by Gasteiger charge is 2.17. The molecular weight excluding hydrogens is 389 g/mol. The Hall–Kier alpha value is -2.21. The van der Waals surface area contributed by atoms with E-state index >= 15 is 0 Å². The SMILES string of the molecule is Cc1nc2c(=O)n(Cc3ccccc3Cl)nc(-c3ccc(Cl)cc3)c2s1. The first-order valence-electron chi connectivity index (χ1n) is 7.90. The second-order valence-electron chi connectivity index (χ2n) is 5.82. The van der Waals surface area contributed by atoms with Crippen molar-refractivity contribution >= 4 is 44.8 Å². The van der Waals surface area contributed by atoms with Gasteiger partial charge in [0.2, 0.25) is 0 Å². The zero-order chi connectivity index (χ0) is 18.3. The van der Waals surface area contributed by atoms with Gasteiger partial charge in [-0.3, -0.25) is 4.79 Å². The first-order chi connectivity index (χ1) is 12.5. The number of hydrogen-bond donors (Lipinski definition) is 0. The fourth-order valence-corrected chi connectivity index (χ4v) is 4.00. The maximum absolute atomic E-state index is 12.9. The summed E-state index contributed by atoms with van der Waals surface area (Å²) in [5.41, 5.74) is 2.64. The number of rotatable bonds is 3. The number of aromatic nitrogens is 3. The summed E-state index contributed by atoms with van der Waals surface area (Å²) in [7, 11) is 0. The standard InChI is InChI=1S/C19H13Cl2N3OS/c1-11-22-17-18(26-11)16(12-6-8-14(20)9-7-12)23-24(19(17)25)10-13-4-2-3-5-15(13)21/h2-9H,10H2,1H3. The highest BCUT2D eigenvalue weighted by Crippen LogP contribution is 2.30. The van der Waals surface area contributed by atoms with Crippen LogP contribution in [0.25, 0.3) is 21.5 Å². The number of halogens is 2. The van der Waals surface area contributed by atoms with Gasteiger partial charge in [0.25, 0.3) is 5.56 Å². The fraction of sp³-hybridized carbons (Fsp3) is 0.105. The first kappa shape index (κ1) is 17.2. The molecule has 0 aliphatic carbocycles. The second kappa shape index (κ2) is 6.83. The largest absolute Gasteiger partial charge is 0.294 e. The summed E-state index contributed by atoms with van der Waals surface area (Å²) >= 11 is 13.7. The second-order valence-corrected chi connectivity index (χ2v) is 7.87. The molecule has 2 aromatic heterocycles. The minimum atomic E-state index is -0.220. The van der Waals surface area contributed by atoms with Crippen molar-refractivity contribution in [2.24, 2.45) is 0 Å². The molecule has 0 atom stereocenters. The van der Waals surface area contributed by atoms with E-state index in [-0.39, 0.29) is 12.1 Å². The van der Waals surface area contributed by atoms with Crippen molar-refractivity contribution in [2.45, 2.75) is 13.5 Å². The quantitative estimate of drug-likeness (QED) is 0.474. The molecule has 130 valence electrons. The van der Waals surface area contributed by atoms with Gasteiger partial charge in [-0.05, 0) is 30.7 Å². The molecule has 0 aliphatic heterocycles. The van der Waals surface area contributed by atoms with Crippen LogP contribution in [-0.4, -0.2) is 14.8 Å². The van der Waals surface area contributed by atoms with E-state index < -0.39 is 0 Å². The van der Waals surface area contributed by atoms with E-state index in [1.807, 2.05) is 49.4 Å². The van der Waals surface area contributed by atoms with Gasteiger partial charge in [0.05, 0.1) is 16.3 Å². The van der Waals surface area contributed by atoms with E-state index in [0.29, 0.717) is 21.3 Å². The molecule has 0 spiro atoms. The molecule has 0 amide bonds. The summed E-state index contributed by atoms with van der Waals surface area (Å²) in [4.78, 5) is 17.3. The Morgan fingerprint density at radius 3 is 2.54 bits per heavy atom. The van der Waals surface area contributed by atoms with Gasteiger partial charge in [-0.1, -0.05) is 53.5 Å². The lowest BCUT2D eigenvalue weighted by Crippen LogP contribution is -2.24. The molecule has 2 heterocycles. The highest BCUT2D eigenvalue weighted by atomic mass is 35.5. The van der Waals surface area contributed by atoms with Crippen LogP contribution in [0.2, 0.25) is 10.0 Å². The zero-order valence-electron chi connectivity index (χ0n) is 13.7. The third-order valence-electron chi connectivity index (χ3n) is 4.00. The Morgan fingerprint density at radius 1 is 1.08 bits per heavy atom. The Kier molecular flexibility index (Phi) is 4.53. The van der Waals surface area contributed by atoms with Gasteiger partial charge in [0, 0.05) is 15.6 Å². The van der Waals surface area contributed by atoms with Crippen LogP contribution >= 0.6 is 34.5 Å². The molecule has 2 aromatic carbocycles. The number of hydrogen-bond acceptors (Lipinski definition) is 4. The molecule has 4 aromatic rings. The highest BCUT2D eigenvalue weighted by molar-refractivity contribution is 7.19. The van der Waals surface area contributed by atoms with Crippen LogP contribution < -0.4 is 5.56 Å². The molecule has 0 fully saturated rings. The van der Waals surface area contributed by atoms with Crippen LogP contribution in [0.3, 0.4) is 0 Å². The molecule has 0 radical (unpaired) electrons. The molecule has 4 nitrogen and oxygen atoms in total. The lowest BCUT2D eigenvalue weighted by molar-refractivity contribution is 0.650. The van der Waals surface area contributed by atoms with Crippen LogP contribution in [-0.2, 0) is 6.54 Å². The Labute approximate surface area is 163 Å². The summed E-state index contributed by atoms with van der Waals surface area (Å²) in [6, 6.07) is 14.8. The molecular formula is C19H13Cl2N3OS. The van der Waals surface area contributed by atoms with Crippen molar-refractivity contribution in [3.05, 3.63) is 79.5 Å². The van der Waals surface area contributed by atoms with E-state index in [9.17, 15) is 4.79 Å². The predicted molar refractivity (Wildman–Crippen MR) is 107 cm³/mol. The number of nitrogens with zero attached hydrogens (tertiary/aromatic N) is 3. The average Bonchev–Trinajstić information content (AvgIpc) is 3.02. The third-order valence-corrected chi connectivity index (χ3v) is 5.60. The number of aryl methyl sites for hydroxylation is 1. The molecule has 0 aliphatic rings. The number of fused-ring (bicyclic) bond motifs is 1. The van der Waals surface area contributed by atoms with Crippen molar-refractivity contribution in [1.29, 1.82) is 0 Å². The Bertz CT molecular complexity index is 1170. The van der Waals surface area contributed by atoms with Crippen molar-refractivity contribution < 1.29 is 0 Å². The van der Waals surface area contributed by atoms with E-state index in [4.69, 9.17) is 23.2 Å². The van der Waals surface area contributed by atoms with Gasteiger partial charge in [-0.25, -0.2) is 9.67 Å². The maximum Gasteiger partial charge on any atom is 0.294 e. The lowest BCUT2D eigenvalue weighted by Gasteiger charge is -2.10. The Balaban J connectivity index is 1.94. The van der Waals surface area contributed by atoms with Gasteiger partial charge in [-0.2, -0.15) is 5.10 Å². The third kappa shape index (κ3) is 3.14. The summed E-state index contributed by atoms with van der Waals surface area (Å²) in [5.74, 6) is 0. The molecule has 4 rings (SSSR count). The van der Waals surface area contributed by atoms with Crippen molar-refractivity contribution in [3.63, 3.8) is 0 Å². The fourth-order valence-electron chi connectivity index (χ4n) is 2.76. The van der Waals surface area contributed by atoms with E-state index in [1.54, 1.807) is 6.07 Å². The molecule has 26 heavy (non-hydrogen) atoms. The summed E-state index contributed by atoms with van der Waals surface area (Å²) in [6.45, 7) is 2.17. The van der Waals surface area contributed by atoms with Crippen LogP contribution in [0.4, 0.5) is 0 Å². The molecule has 0 saturated carbocycles. The van der Waals surface area contributed by atoms with E-state index in [0.717, 1.165) is 20.8 Å². The van der Waals surface area contributed by atoms with Crippen LogP contribution in [0.5, 0.6) is 0 Å². The number of thiazole rings is 1. The van der Waals surface area contributed by atoms with Gasteiger partial charge in [-0.15, -0.1) is 11.3 Å². The molecule has 7 heteroatoms. The molecule has 0 saturated heterocycles. The molecule has 0 N–H and O–H groups in total. The summed E-state index contributed by atoms with van der Waals surface area (Å²) < 4.78 is 2.21. The lowest BCUT2D eigenvalue weighted by atomic mass is 10.1. The van der Waals surface area contributed by atoms with Gasteiger partial charge in [0.1, 0.15) is 5.69 Å². The zero-order valence-corrected chi connectivity index (χ0v) is 16.1. The van der Waals surface area contributed by atoms with E-state index in [2.05, 4.69) is 10.1 Å². The number of benzene rings is 2. The predicted octanol–water partition coefficient (Wildman–Crippen LogP) is 5.18. The van der Waals surface area contributed by atoms with Crippen molar-refractivity contribution in [2.75, 3.05) is 0 Å². The van der Waals surface area contributed by atoms with Crippen molar-refractivity contribution in [1.82, 2.24) is 14.8 Å². The topological polar surface area (TPSA) is 47.8 Å². The normalized spacial score (nSPS) is 11.2. The first-order valence-corrected chi connectivity index (χ1v) is 9.48. The Morgan fingerprint density at radius 2 is 1.81 bits per heavy atom. The molecule has 0 bridgehead atoms. The molecule has 0 unspecified atom stereocenters. The van der Waals surface area contributed by atoms with Crippen molar-refractivity contribution in [3.8, 4) is 11.3 Å². The minimum absolute atomic E-state index is 0.220. The minimum Gasteiger partial charge on any atom is -0.265 e. The van der Waals surface area contributed by atoms with E-state index in [1.165, 1.54) is 16.0 Å².